The molecule has 2 rings (SSSR count). The fraction of sp³-hybridized carbons (Fsp3) is 0.417. The van der Waals surface area contributed by atoms with Gasteiger partial charge >= 0.3 is 0 Å². The van der Waals surface area contributed by atoms with Crippen molar-refractivity contribution in [2.75, 3.05) is 7.11 Å². The molecule has 0 saturated heterocycles. The Balaban J connectivity index is 2.61. The van der Waals surface area contributed by atoms with E-state index in [1.54, 1.807) is 7.11 Å². The summed E-state index contributed by atoms with van der Waals surface area (Å²) in [5.74, 6) is 0.521. The summed E-state index contributed by atoms with van der Waals surface area (Å²) >= 11 is 6.23. The van der Waals surface area contributed by atoms with E-state index >= 15 is 0 Å². The van der Waals surface area contributed by atoms with Gasteiger partial charge in [0.05, 0.1) is 17.7 Å². The minimum atomic E-state index is 0.521. The normalized spacial score (nSPS) is 14.5. The quantitative estimate of drug-likeness (QED) is 0.722. The Morgan fingerprint density at radius 1 is 1.40 bits per heavy atom. The fourth-order valence-corrected chi connectivity index (χ4v) is 2.55. The molecule has 80 valence electrons. The average molecular weight is 225 g/mol. The maximum atomic E-state index is 10.9. The van der Waals surface area contributed by atoms with E-state index in [0.717, 1.165) is 31.1 Å². The Kier molecular flexibility index (Phi) is 2.96. The first-order chi connectivity index (χ1) is 7.27. The molecule has 1 aromatic carbocycles. The van der Waals surface area contributed by atoms with Gasteiger partial charge in [-0.2, -0.15) is 0 Å². The van der Waals surface area contributed by atoms with Crippen LogP contribution in [0.3, 0.4) is 0 Å². The number of benzene rings is 1. The van der Waals surface area contributed by atoms with Crippen LogP contribution in [-0.2, 0) is 12.8 Å². The number of carbonyl (C=O) groups excluding carboxylic acids is 1. The summed E-state index contributed by atoms with van der Waals surface area (Å²) in [6, 6.07) is 1.91. The highest BCUT2D eigenvalue weighted by Gasteiger charge is 2.19. The van der Waals surface area contributed by atoms with E-state index in [2.05, 4.69) is 0 Å². The van der Waals surface area contributed by atoms with Gasteiger partial charge in [-0.05, 0) is 42.9 Å². The third kappa shape index (κ3) is 1.74. The van der Waals surface area contributed by atoms with Gasteiger partial charge in [-0.3, -0.25) is 4.79 Å². The molecule has 0 heterocycles. The molecule has 0 fully saturated rings. The van der Waals surface area contributed by atoms with Crippen LogP contribution in [0.15, 0.2) is 6.07 Å². The van der Waals surface area contributed by atoms with Crippen LogP contribution in [0.25, 0.3) is 0 Å². The molecule has 0 aliphatic heterocycles. The van der Waals surface area contributed by atoms with E-state index in [9.17, 15) is 4.79 Å². The second-order valence-corrected chi connectivity index (χ2v) is 4.15. The lowest BCUT2D eigenvalue weighted by Crippen LogP contribution is -2.06. The molecule has 0 N–H and O–H groups in total. The summed E-state index contributed by atoms with van der Waals surface area (Å²) in [5.41, 5.74) is 2.92. The molecule has 1 aliphatic rings. The number of fused-ring (bicyclic) bond motifs is 1. The second kappa shape index (κ2) is 4.23. The first-order valence-electron chi connectivity index (χ1n) is 5.11. The van der Waals surface area contributed by atoms with Crippen molar-refractivity contribution in [3.8, 4) is 5.75 Å². The van der Waals surface area contributed by atoms with E-state index in [1.807, 2.05) is 6.07 Å². The average Bonchev–Trinajstić information content (AvgIpc) is 2.29. The highest BCUT2D eigenvalue weighted by Crippen LogP contribution is 2.37. The van der Waals surface area contributed by atoms with Crippen molar-refractivity contribution in [1.82, 2.24) is 0 Å². The predicted octanol–water partition coefficient (Wildman–Crippen LogP) is 3.04. The monoisotopic (exact) mass is 224 g/mol. The van der Waals surface area contributed by atoms with Crippen LogP contribution in [0, 0.1) is 0 Å². The summed E-state index contributed by atoms with van der Waals surface area (Å²) < 4.78 is 5.17. The molecule has 0 spiro atoms. The number of carbonyl (C=O) groups is 1. The lowest BCUT2D eigenvalue weighted by atomic mass is 9.90. The minimum absolute atomic E-state index is 0.521. The molecule has 0 atom stereocenters. The molecular weight excluding hydrogens is 212 g/mol. The molecule has 0 aromatic heterocycles. The molecule has 0 bridgehead atoms. The first kappa shape index (κ1) is 10.5. The van der Waals surface area contributed by atoms with Crippen LogP contribution in [0.2, 0.25) is 5.02 Å². The summed E-state index contributed by atoms with van der Waals surface area (Å²) in [5, 5.41) is 0.622. The van der Waals surface area contributed by atoms with Crippen molar-refractivity contribution in [3.05, 3.63) is 27.8 Å². The molecule has 15 heavy (non-hydrogen) atoms. The van der Waals surface area contributed by atoms with E-state index in [-0.39, 0.29) is 0 Å². The Bertz CT molecular complexity index is 399. The molecule has 0 saturated carbocycles. The van der Waals surface area contributed by atoms with E-state index in [0.29, 0.717) is 16.3 Å². The molecule has 1 aromatic rings. The summed E-state index contributed by atoms with van der Waals surface area (Å²) in [7, 11) is 1.55. The zero-order chi connectivity index (χ0) is 10.8. The van der Waals surface area contributed by atoms with Gasteiger partial charge < -0.3 is 4.74 Å². The molecule has 3 heteroatoms. The Morgan fingerprint density at radius 3 is 2.80 bits per heavy atom. The van der Waals surface area contributed by atoms with Crippen molar-refractivity contribution in [2.45, 2.75) is 25.7 Å². The van der Waals surface area contributed by atoms with Crippen LogP contribution >= 0.6 is 11.6 Å². The third-order valence-corrected chi connectivity index (χ3v) is 3.30. The van der Waals surface area contributed by atoms with Gasteiger partial charge in [-0.1, -0.05) is 11.6 Å². The lowest BCUT2D eigenvalue weighted by Gasteiger charge is -2.19. The molecule has 2 nitrogen and oxygen atoms in total. The van der Waals surface area contributed by atoms with E-state index in [4.69, 9.17) is 16.3 Å². The largest absolute Gasteiger partial charge is 0.494 e. The summed E-state index contributed by atoms with van der Waals surface area (Å²) in [6.45, 7) is 0. The molecule has 0 radical (unpaired) electrons. The summed E-state index contributed by atoms with van der Waals surface area (Å²) in [6.07, 6.45) is 5.15. The van der Waals surface area contributed by atoms with Gasteiger partial charge in [0.25, 0.3) is 0 Å². The van der Waals surface area contributed by atoms with Gasteiger partial charge in [0, 0.05) is 0 Å². The number of methoxy groups -OCH3 is 1. The maximum absolute atomic E-state index is 10.9. The predicted molar refractivity (Wildman–Crippen MR) is 60.0 cm³/mol. The number of aldehydes is 1. The van der Waals surface area contributed by atoms with E-state index in [1.165, 1.54) is 12.0 Å². The SMILES string of the molecule is COc1c(C=O)cc2c(c1Cl)CCCC2. The van der Waals surface area contributed by atoms with Gasteiger partial charge in [0.15, 0.2) is 6.29 Å². The number of aryl methyl sites for hydroxylation is 1. The van der Waals surface area contributed by atoms with Crippen LogP contribution < -0.4 is 4.74 Å². The van der Waals surface area contributed by atoms with Gasteiger partial charge in [0.1, 0.15) is 5.75 Å². The standard InChI is InChI=1S/C12H13ClO2/c1-15-12-9(7-14)6-8-4-2-3-5-10(8)11(12)13/h6-7H,2-5H2,1H3. The van der Waals surface area contributed by atoms with Gasteiger partial charge in [-0.15, -0.1) is 0 Å². The fourth-order valence-electron chi connectivity index (χ4n) is 2.15. The number of halogens is 1. The topological polar surface area (TPSA) is 26.3 Å². The highest BCUT2D eigenvalue weighted by molar-refractivity contribution is 6.33. The highest BCUT2D eigenvalue weighted by atomic mass is 35.5. The number of ether oxygens (including phenoxy) is 1. The number of rotatable bonds is 2. The van der Waals surface area contributed by atoms with Crippen LogP contribution in [0.5, 0.6) is 5.75 Å². The number of hydrogen-bond donors (Lipinski definition) is 0. The third-order valence-electron chi connectivity index (χ3n) is 2.90. The van der Waals surface area contributed by atoms with Crippen LogP contribution in [0.4, 0.5) is 0 Å². The van der Waals surface area contributed by atoms with Gasteiger partial charge in [-0.25, -0.2) is 0 Å². The van der Waals surface area contributed by atoms with Crippen molar-refractivity contribution in [3.63, 3.8) is 0 Å². The lowest BCUT2D eigenvalue weighted by molar-refractivity contribution is 0.112. The van der Waals surface area contributed by atoms with E-state index < -0.39 is 0 Å². The van der Waals surface area contributed by atoms with Crippen LogP contribution in [-0.4, -0.2) is 13.4 Å². The molecule has 0 amide bonds. The van der Waals surface area contributed by atoms with Crippen molar-refractivity contribution in [1.29, 1.82) is 0 Å². The smallest absolute Gasteiger partial charge is 0.153 e. The molecule has 0 unspecified atom stereocenters. The second-order valence-electron chi connectivity index (χ2n) is 3.78. The maximum Gasteiger partial charge on any atom is 0.153 e. The Morgan fingerprint density at radius 2 is 2.13 bits per heavy atom. The van der Waals surface area contributed by atoms with Crippen molar-refractivity contribution < 1.29 is 9.53 Å². The number of hydrogen-bond acceptors (Lipinski definition) is 2. The Labute approximate surface area is 94.2 Å². The zero-order valence-corrected chi connectivity index (χ0v) is 9.43. The minimum Gasteiger partial charge on any atom is -0.494 e. The summed E-state index contributed by atoms with van der Waals surface area (Å²) in [4.78, 5) is 10.9. The zero-order valence-electron chi connectivity index (χ0n) is 8.68. The first-order valence-corrected chi connectivity index (χ1v) is 5.49. The Hall–Kier alpha value is -1.02. The van der Waals surface area contributed by atoms with Gasteiger partial charge in [0.2, 0.25) is 0 Å². The van der Waals surface area contributed by atoms with Crippen molar-refractivity contribution >= 4 is 17.9 Å². The van der Waals surface area contributed by atoms with Crippen molar-refractivity contribution in [2.24, 2.45) is 0 Å². The molecule has 1 aliphatic carbocycles. The molecular formula is C12H13ClO2. The van der Waals surface area contributed by atoms with Crippen LogP contribution in [0.1, 0.15) is 34.3 Å².